The number of amides is 1. The van der Waals surface area contributed by atoms with Gasteiger partial charge in [0.1, 0.15) is 5.60 Å². The predicted octanol–water partition coefficient (Wildman–Crippen LogP) is 1.57. The lowest BCUT2D eigenvalue weighted by atomic mass is 10.0. The van der Waals surface area contributed by atoms with Crippen LogP contribution in [-0.4, -0.2) is 90.8 Å². The zero-order valence-corrected chi connectivity index (χ0v) is 16.1. The molecular weight excluding hydrogens is 322 g/mol. The number of nitrogens with zero attached hydrogens (tertiary/aromatic N) is 3. The molecule has 2 rings (SSSR count). The van der Waals surface area contributed by atoms with Gasteiger partial charge in [-0.05, 0) is 40.5 Å². The van der Waals surface area contributed by atoms with Gasteiger partial charge in [-0.2, -0.15) is 0 Å². The summed E-state index contributed by atoms with van der Waals surface area (Å²) in [6.45, 7) is 13.4. The Kier molecular flexibility index (Phi) is 7.07. The third-order valence-corrected chi connectivity index (χ3v) is 4.70. The molecule has 0 aliphatic carbocycles. The maximum atomic E-state index is 12.1. The molecular formula is C18H33N3O4. The van der Waals surface area contributed by atoms with Crippen LogP contribution in [0.3, 0.4) is 0 Å². The van der Waals surface area contributed by atoms with Crippen LogP contribution < -0.4 is 0 Å². The number of carbonyl (C=O) groups excluding carboxylic acids is 2. The summed E-state index contributed by atoms with van der Waals surface area (Å²) in [4.78, 5) is 30.2. The van der Waals surface area contributed by atoms with Gasteiger partial charge in [0, 0.05) is 45.3 Å². The Labute approximate surface area is 151 Å². The summed E-state index contributed by atoms with van der Waals surface area (Å²) < 4.78 is 10.5. The number of hydrogen-bond acceptors (Lipinski definition) is 6. The molecule has 0 atom stereocenters. The smallest absolute Gasteiger partial charge is 0.410 e. The Morgan fingerprint density at radius 3 is 2.12 bits per heavy atom. The van der Waals surface area contributed by atoms with Gasteiger partial charge in [0.25, 0.3) is 0 Å². The van der Waals surface area contributed by atoms with Gasteiger partial charge in [-0.3, -0.25) is 14.6 Å². The fraction of sp³-hybridized carbons (Fsp3) is 0.889. The third-order valence-electron chi connectivity index (χ3n) is 4.70. The van der Waals surface area contributed by atoms with Crippen LogP contribution in [0.15, 0.2) is 0 Å². The predicted molar refractivity (Wildman–Crippen MR) is 95.5 cm³/mol. The molecule has 0 unspecified atom stereocenters. The zero-order valence-electron chi connectivity index (χ0n) is 16.1. The average molecular weight is 355 g/mol. The number of piperidine rings is 1. The van der Waals surface area contributed by atoms with Crippen LogP contribution in [0.1, 0.15) is 40.5 Å². The summed E-state index contributed by atoms with van der Waals surface area (Å²) in [5, 5.41) is 0. The van der Waals surface area contributed by atoms with Crippen molar-refractivity contribution in [3.8, 4) is 0 Å². The van der Waals surface area contributed by atoms with E-state index in [0.717, 1.165) is 52.1 Å². The highest BCUT2D eigenvalue weighted by Crippen LogP contribution is 2.19. The highest BCUT2D eigenvalue weighted by Gasteiger charge is 2.31. The Bertz CT molecular complexity index is 448. The van der Waals surface area contributed by atoms with Gasteiger partial charge in [0.2, 0.25) is 0 Å². The van der Waals surface area contributed by atoms with Crippen LogP contribution in [0.25, 0.3) is 0 Å². The van der Waals surface area contributed by atoms with E-state index >= 15 is 0 Å². The van der Waals surface area contributed by atoms with Crippen LogP contribution in [0.5, 0.6) is 0 Å². The number of hydrogen-bond donors (Lipinski definition) is 0. The van der Waals surface area contributed by atoms with E-state index in [4.69, 9.17) is 9.47 Å². The molecule has 7 nitrogen and oxygen atoms in total. The van der Waals surface area contributed by atoms with Gasteiger partial charge >= 0.3 is 12.1 Å². The number of carbonyl (C=O) groups is 2. The van der Waals surface area contributed by atoms with E-state index in [1.54, 1.807) is 4.90 Å². The SMILES string of the molecule is CCOC(=O)CN1CCC(N2CCN(C(=O)OC(C)(C)C)CC2)CC1. The first-order valence-corrected chi connectivity index (χ1v) is 9.38. The van der Waals surface area contributed by atoms with E-state index in [-0.39, 0.29) is 12.1 Å². The van der Waals surface area contributed by atoms with E-state index in [1.165, 1.54) is 0 Å². The summed E-state index contributed by atoms with van der Waals surface area (Å²) in [6.07, 6.45) is 1.91. The average Bonchev–Trinajstić information content (AvgIpc) is 2.54. The van der Waals surface area contributed by atoms with Gasteiger partial charge in [0.05, 0.1) is 13.2 Å². The first-order chi connectivity index (χ1) is 11.8. The minimum absolute atomic E-state index is 0.132. The Hall–Kier alpha value is -1.34. The highest BCUT2D eigenvalue weighted by molar-refractivity contribution is 5.71. The molecule has 0 aromatic rings. The molecule has 0 bridgehead atoms. The number of likely N-dealkylation sites (tertiary alicyclic amines) is 1. The molecule has 2 aliphatic rings. The molecule has 2 fully saturated rings. The van der Waals surface area contributed by atoms with Crippen molar-refractivity contribution in [3.05, 3.63) is 0 Å². The van der Waals surface area contributed by atoms with Gasteiger partial charge in [0.15, 0.2) is 0 Å². The molecule has 7 heteroatoms. The molecule has 144 valence electrons. The largest absolute Gasteiger partial charge is 0.465 e. The van der Waals surface area contributed by atoms with Crippen molar-refractivity contribution in [2.24, 2.45) is 0 Å². The Morgan fingerprint density at radius 2 is 1.60 bits per heavy atom. The fourth-order valence-electron chi connectivity index (χ4n) is 3.43. The molecule has 0 spiro atoms. The molecule has 2 heterocycles. The molecule has 2 saturated heterocycles. The van der Waals surface area contributed by atoms with E-state index in [2.05, 4.69) is 9.80 Å². The lowest BCUT2D eigenvalue weighted by Crippen LogP contribution is -2.55. The van der Waals surface area contributed by atoms with Crippen molar-refractivity contribution >= 4 is 12.1 Å². The van der Waals surface area contributed by atoms with E-state index in [9.17, 15) is 9.59 Å². The molecule has 0 saturated carbocycles. The minimum Gasteiger partial charge on any atom is -0.465 e. The van der Waals surface area contributed by atoms with Crippen LogP contribution in [0.4, 0.5) is 4.79 Å². The summed E-state index contributed by atoms with van der Waals surface area (Å²) in [5.41, 5.74) is -0.444. The topological polar surface area (TPSA) is 62.3 Å². The van der Waals surface area contributed by atoms with Crippen molar-refractivity contribution in [1.29, 1.82) is 0 Å². The summed E-state index contributed by atoms with van der Waals surface area (Å²) >= 11 is 0. The lowest BCUT2D eigenvalue weighted by Gasteiger charge is -2.42. The summed E-state index contributed by atoms with van der Waals surface area (Å²) in [7, 11) is 0. The summed E-state index contributed by atoms with van der Waals surface area (Å²) in [5.74, 6) is -0.132. The van der Waals surface area contributed by atoms with Gasteiger partial charge in [-0.25, -0.2) is 4.79 Å². The standard InChI is InChI=1S/C18H33N3O4/c1-5-24-16(22)14-19-8-6-15(7-9-19)20-10-12-21(13-11-20)17(23)25-18(2,3)4/h15H,5-14H2,1-4H3. The molecule has 0 aromatic carbocycles. The van der Waals surface area contributed by atoms with Crippen molar-refractivity contribution in [3.63, 3.8) is 0 Å². The van der Waals surface area contributed by atoms with Crippen molar-refractivity contribution < 1.29 is 19.1 Å². The number of ether oxygens (including phenoxy) is 2. The number of esters is 1. The van der Waals surface area contributed by atoms with E-state index < -0.39 is 5.60 Å². The molecule has 0 radical (unpaired) electrons. The minimum atomic E-state index is -0.444. The monoisotopic (exact) mass is 355 g/mol. The lowest BCUT2D eigenvalue weighted by molar-refractivity contribution is -0.144. The van der Waals surface area contributed by atoms with Gasteiger partial charge in [-0.1, -0.05) is 0 Å². The second kappa shape index (κ2) is 8.85. The maximum Gasteiger partial charge on any atom is 0.410 e. The van der Waals surface area contributed by atoms with Crippen molar-refractivity contribution in [2.45, 2.75) is 52.2 Å². The first-order valence-electron chi connectivity index (χ1n) is 9.38. The van der Waals surface area contributed by atoms with Crippen molar-refractivity contribution in [1.82, 2.24) is 14.7 Å². The molecule has 25 heavy (non-hydrogen) atoms. The molecule has 0 aromatic heterocycles. The molecule has 2 aliphatic heterocycles. The Morgan fingerprint density at radius 1 is 1.00 bits per heavy atom. The molecule has 1 amide bonds. The number of piperazine rings is 1. The fourth-order valence-corrected chi connectivity index (χ4v) is 3.43. The number of rotatable bonds is 4. The third kappa shape index (κ3) is 6.47. The first kappa shape index (κ1) is 20.0. The van der Waals surface area contributed by atoms with Crippen LogP contribution in [0, 0.1) is 0 Å². The van der Waals surface area contributed by atoms with Crippen LogP contribution in [0.2, 0.25) is 0 Å². The quantitative estimate of drug-likeness (QED) is 0.714. The van der Waals surface area contributed by atoms with Crippen molar-refractivity contribution in [2.75, 3.05) is 52.4 Å². The van der Waals surface area contributed by atoms with Crippen LogP contribution >= 0.6 is 0 Å². The zero-order chi connectivity index (χ0) is 18.4. The summed E-state index contributed by atoms with van der Waals surface area (Å²) in [6, 6.07) is 0.541. The van der Waals surface area contributed by atoms with Gasteiger partial charge in [-0.15, -0.1) is 0 Å². The molecule has 0 N–H and O–H groups in total. The second-order valence-corrected chi connectivity index (χ2v) is 7.82. The van der Waals surface area contributed by atoms with Gasteiger partial charge < -0.3 is 14.4 Å². The Balaban J connectivity index is 1.70. The van der Waals surface area contributed by atoms with Crippen LogP contribution in [-0.2, 0) is 14.3 Å². The maximum absolute atomic E-state index is 12.1. The van der Waals surface area contributed by atoms with E-state index in [1.807, 2.05) is 27.7 Å². The highest BCUT2D eigenvalue weighted by atomic mass is 16.6. The normalized spacial score (nSPS) is 21.2. The van der Waals surface area contributed by atoms with E-state index in [0.29, 0.717) is 19.2 Å². The second-order valence-electron chi connectivity index (χ2n) is 7.82.